The van der Waals surface area contributed by atoms with E-state index >= 15 is 0 Å². The number of nitrogens with one attached hydrogen (secondary N) is 2. The van der Waals surface area contributed by atoms with Gasteiger partial charge in [-0.05, 0) is 74.7 Å². The summed E-state index contributed by atoms with van der Waals surface area (Å²) in [5.41, 5.74) is 0.532. The molecule has 27 heavy (non-hydrogen) atoms. The molecule has 0 bridgehead atoms. The Kier molecular flexibility index (Phi) is 8.00. The zero-order chi connectivity index (χ0) is 18.4. The van der Waals surface area contributed by atoms with Gasteiger partial charge < -0.3 is 15.4 Å². The van der Waals surface area contributed by atoms with Crippen molar-refractivity contribution in [1.29, 1.82) is 0 Å². The summed E-state index contributed by atoms with van der Waals surface area (Å²) in [6, 6.07) is 9.88. The van der Waals surface area contributed by atoms with Gasteiger partial charge in [0.2, 0.25) is 0 Å². The second-order valence-corrected chi connectivity index (χ2v) is 6.46. The maximum atomic E-state index is 13.2. The standard InChI is InChI=1S/C20H22F2N2O2.ClH/c21-18-8-7-17(12-19(18)22)26-16-5-3-15(4-6-16)20(25)24-11-9-14-2-1-10-23-13-14;/h3-8,12,14,23H,1-2,9-11,13H2,(H,24,25);1H. The van der Waals surface area contributed by atoms with Crippen LogP contribution in [0.15, 0.2) is 42.5 Å². The molecule has 3 rings (SSSR count). The molecule has 1 unspecified atom stereocenters. The van der Waals surface area contributed by atoms with Crippen molar-refractivity contribution in [2.75, 3.05) is 19.6 Å². The number of hydrogen-bond donors (Lipinski definition) is 2. The minimum Gasteiger partial charge on any atom is -0.457 e. The van der Waals surface area contributed by atoms with Gasteiger partial charge in [0.1, 0.15) is 11.5 Å². The number of rotatable bonds is 6. The molecule has 2 N–H and O–H groups in total. The molecule has 1 atom stereocenters. The van der Waals surface area contributed by atoms with E-state index in [0.29, 0.717) is 23.8 Å². The highest BCUT2D eigenvalue weighted by Crippen LogP contribution is 2.23. The van der Waals surface area contributed by atoms with Crippen LogP contribution in [0.25, 0.3) is 0 Å². The molecule has 2 aromatic carbocycles. The SMILES string of the molecule is Cl.O=C(NCCC1CCCNC1)c1ccc(Oc2ccc(F)c(F)c2)cc1. The van der Waals surface area contributed by atoms with E-state index in [4.69, 9.17) is 4.74 Å². The highest BCUT2D eigenvalue weighted by molar-refractivity contribution is 5.94. The number of ether oxygens (including phenoxy) is 1. The van der Waals surface area contributed by atoms with Crippen molar-refractivity contribution >= 4 is 18.3 Å². The van der Waals surface area contributed by atoms with Crippen LogP contribution in [0.2, 0.25) is 0 Å². The Morgan fingerprint density at radius 1 is 1.11 bits per heavy atom. The van der Waals surface area contributed by atoms with Gasteiger partial charge in [-0.25, -0.2) is 8.78 Å². The van der Waals surface area contributed by atoms with Crippen LogP contribution in [0.5, 0.6) is 11.5 Å². The summed E-state index contributed by atoms with van der Waals surface area (Å²) in [5, 5.41) is 6.30. The first-order valence-electron chi connectivity index (χ1n) is 8.84. The van der Waals surface area contributed by atoms with Gasteiger partial charge >= 0.3 is 0 Å². The van der Waals surface area contributed by atoms with Crippen LogP contribution < -0.4 is 15.4 Å². The minimum atomic E-state index is -0.966. The third kappa shape index (κ3) is 6.19. The van der Waals surface area contributed by atoms with E-state index in [2.05, 4.69) is 10.6 Å². The molecule has 7 heteroatoms. The average Bonchev–Trinajstić information content (AvgIpc) is 2.66. The van der Waals surface area contributed by atoms with Gasteiger partial charge in [0, 0.05) is 18.2 Å². The van der Waals surface area contributed by atoms with Crippen LogP contribution in [0, 0.1) is 17.6 Å². The van der Waals surface area contributed by atoms with Crippen molar-refractivity contribution in [3.05, 3.63) is 59.7 Å². The molecular weight excluding hydrogens is 374 g/mol. The first-order valence-corrected chi connectivity index (χ1v) is 8.84. The smallest absolute Gasteiger partial charge is 0.251 e. The summed E-state index contributed by atoms with van der Waals surface area (Å²) in [7, 11) is 0. The lowest BCUT2D eigenvalue weighted by Gasteiger charge is -2.22. The number of halogens is 3. The largest absolute Gasteiger partial charge is 0.457 e. The van der Waals surface area contributed by atoms with Gasteiger partial charge in [0.05, 0.1) is 0 Å². The molecule has 146 valence electrons. The van der Waals surface area contributed by atoms with Crippen LogP contribution in [0.1, 0.15) is 29.6 Å². The monoisotopic (exact) mass is 396 g/mol. The molecule has 1 fully saturated rings. The molecular formula is C20H23ClF2N2O2. The highest BCUT2D eigenvalue weighted by Gasteiger charge is 2.13. The first kappa shape index (κ1) is 21.1. The summed E-state index contributed by atoms with van der Waals surface area (Å²) < 4.78 is 31.6. The lowest BCUT2D eigenvalue weighted by Crippen LogP contribution is -2.33. The van der Waals surface area contributed by atoms with Crippen molar-refractivity contribution in [2.24, 2.45) is 5.92 Å². The van der Waals surface area contributed by atoms with E-state index in [1.807, 2.05) is 0 Å². The van der Waals surface area contributed by atoms with Crippen molar-refractivity contribution in [3.8, 4) is 11.5 Å². The van der Waals surface area contributed by atoms with Gasteiger partial charge in [0.25, 0.3) is 5.91 Å². The molecule has 1 aliphatic heterocycles. The molecule has 1 amide bonds. The molecule has 2 aromatic rings. The second-order valence-electron chi connectivity index (χ2n) is 6.46. The van der Waals surface area contributed by atoms with E-state index in [9.17, 15) is 13.6 Å². The van der Waals surface area contributed by atoms with Crippen molar-refractivity contribution < 1.29 is 18.3 Å². The summed E-state index contributed by atoms with van der Waals surface area (Å²) in [4.78, 5) is 12.2. The predicted molar refractivity (Wildman–Crippen MR) is 103 cm³/mol. The Morgan fingerprint density at radius 2 is 1.85 bits per heavy atom. The third-order valence-corrected chi connectivity index (χ3v) is 4.48. The van der Waals surface area contributed by atoms with Crippen LogP contribution in [-0.4, -0.2) is 25.5 Å². The van der Waals surface area contributed by atoms with Gasteiger partial charge in [-0.15, -0.1) is 12.4 Å². The average molecular weight is 397 g/mol. The number of piperidine rings is 1. The van der Waals surface area contributed by atoms with Gasteiger partial charge in [-0.2, -0.15) is 0 Å². The van der Waals surface area contributed by atoms with Crippen molar-refractivity contribution in [2.45, 2.75) is 19.3 Å². The Morgan fingerprint density at radius 3 is 2.52 bits per heavy atom. The fraction of sp³-hybridized carbons (Fsp3) is 0.350. The summed E-state index contributed by atoms with van der Waals surface area (Å²) >= 11 is 0. The molecule has 0 saturated carbocycles. The van der Waals surface area contributed by atoms with E-state index in [1.165, 1.54) is 18.9 Å². The van der Waals surface area contributed by atoms with E-state index in [0.717, 1.165) is 31.6 Å². The zero-order valence-corrected chi connectivity index (χ0v) is 15.7. The van der Waals surface area contributed by atoms with E-state index in [-0.39, 0.29) is 24.1 Å². The van der Waals surface area contributed by atoms with Gasteiger partial charge in [-0.3, -0.25) is 4.79 Å². The van der Waals surface area contributed by atoms with Crippen LogP contribution >= 0.6 is 12.4 Å². The maximum Gasteiger partial charge on any atom is 0.251 e. The van der Waals surface area contributed by atoms with Crippen molar-refractivity contribution in [3.63, 3.8) is 0 Å². The maximum absolute atomic E-state index is 13.2. The Hall–Kier alpha value is -2.18. The number of benzene rings is 2. The van der Waals surface area contributed by atoms with Gasteiger partial charge in [-0.1, -0.05) is 0 Å². The van der Waals surface area contributed by atoms with Gasteiger partial charge in [0.15, 0.2) is 11.6 Å². The van der Waals surface area contributed by atoms with Crippen molar-refractivity contribution in [1.82, 2.24) is 10.6 Å². The fourth-order valence-electron chi connectivity index (χ4n) is 3.01. The summed E-state index contributed by atoms with van der Waals surface area (Å²) in [6.45, 7) is 2.76. The van der Waals surface area contributed by atoms with E-state index in [1.54, 1.807) is 24.3 Å². The highest BCUT2D eigenvalue weighted by atomic mass is 35.5. The zero-order valence-electron chi connectivity index (χ0n) is 14.8. The molecule has 0 spiro atoms. The number of carbonyl (C=O) groups is 1. The summed E-state index contributed by atoms with van der Waals surface area (Å²) in [5.74, 6) is -0.757. The number of carbonyl (C=O) groups excluding carboxylic acids is 1. The topological polar surface area (TPSA) is 50.4 Å². The summed E-state index contributed by atoms with van der Waals surface area (Å²) in [6.07, 6.45) is 3.37. The third-order valence-electron chi connectivity index (χ3n) is 4.48. The molecule has 1 heterocycles. The number of hydrogen-bond acceptors (Lipinski definition) is 3. The van der Waals surface area contributed by atoms with Crippen LogP contribution in [-0.2, 0) is 0 Å². The van der Waals surface area contributed by atoms with E-state index < -0.39 is 11.6 Å². The Balaban J connectivity index is 0.00000261. The lowest BCUT2D eigenvalue weighted by atomic mass is 9.96. The molecule has 1 saturated heterocycles. The van der Waals surface area contributed by atoms with Crippen LogP contribution in [0.3, 0.4) is 0 Å². The van der Waals surface area contributed by atoms with Crippen LogP contribution in [0.4, 0.5) is 8.78 Å². The lowest BCUT2D eigenvalue weighted by molar-refractivity contribution is 0.0950. The molecule has 1 aliphatic rings. The second kappa shape index (κ2) is 10.2. The molecule has 0 aromatic heterocycles. The Bertz CT molecular complexity index is 750. The quantitative estimate of drug-likeness (QED) is 0.765. The molecule has 4 nitrogen and oxygen atoms in total. The first-order chi connectivity index (χ1) is 12.6. The molecule has 0 aliphatic carbocycles. The predicted octanol–water partition coefficient (Wildman–Crippen LogP) is 4.30. The number of amides is 1. The normalized spacial score (nSPS) is 16.3. The molecule has 0 radical (unpaired) electrons. The fourth-order valence-corrected chi connectivity index (χ4v) is 3.01. The minimum absolute atomic E-state index is 0. The Labute approximate surface area is 163 Å².